The highest BCUT2D eigenvalue weighted by Gasteiger charge is 2.12. The molecule has 0 saturated carbocycles. The number of carbonyl (C=O) groups excluding carboxylic acids is 2. The van der Waals surface area contributed by atoms with Crippen molar-refractivity contribution in [2.24, 2.45) is 0 Å². The average Bonchev–Trinajstić information content (AvgIpc) is 3.07. The normalized spacial score (nSPS) is 12.0. The lowest BCUT2D eigenvalue weighted by atomic mass is 10.0. The molecular formula is C42H82O5. The first kappa shape index (κ1) is 45.9. The van der Waals surface area contributed by atoms with Gasteiger partial charge in [-0.1, -0.05) is 213 Å². The molecule has 5 heteroatoms. The molecule has 5 nitrogen and oxygen atoms in total. The summed E-state index contributed by atoms with van der Waals surface area (Å²) in [5, 5.41) is 10.0. The van der Waals surface area contributed by atoms with E-state index in [9.17, 15) is 14.7 Å². The maximum atomic E-state index is 12.0. The zero-order valence-corrected chi connectivity index (χ0v) is 31.8. The van der Waals surface area contributed by atoms with Crippen molar-refractivity contribution in [3.05, 3.63) is 0 Å². The van der Waals surface area contributed by atoms with Gasteiger partial charge < -0.3 is 14.6 Å². The Kier molecular flexibility index (Phi) is 38.4. The molecule has 1 unspecified atom stereocenters. The van der Waals surface area contributed by atoms with Gasteiger partial charge in [0.1, 0.15) is 19.3 Å². The van der Waals surface area contributed by atoms with Crippen molar-refractivity contribution in [2.75, 3.05) is 13.2 Å². The van der Waals surface area contributed by atoms with Gasteiger partial charge in [0.05, 0.1) is 0 Å². The van der Waals surface area contributed by atoms with E-state index in [1.165, 1.54) is 186 Å². The van der Waals surface area contributed by atoms with Crippen molar-refractivity contribution >= 4 is 11.9 Å². The Hall–Kier alpha value is -1.10. The van der Waals surface area contributed by atoms with Crippen LogP contribution in [0.4, 0.5) is 0 Å². The fourth-order valence-corrected chi connectivity index (χ4v) is 6.38. The summed E-state index contributed by atoms with van der Waals surface area (Å²) in [6, 6.07) is 0. The monoisotopic (exact) mass is 667 g/mol. The molecule has 0 spiro atoms. The fourth-order valence-electron chi connectivity index (χ4n) is 6.38. The summed E-state index contributed by atoms with van der Waals surface area (Å²) in [7, 11) is 0. The molecule has 1 atom stereocenters. The van der Waals surface area contributed by atoms with Gasteiger partial charge in [0.15, 0.2) is 0 Å². The SMILES string of the molecule is CCCCCCCCCCCCCCCCCCCC(=O)OCC(O)COC(=O)CCCCCCCCCCCCCCCCCC. The van der Waals surface area contributed by atoms with E-state index in [1.54, 1.807) is 0 Å². The van der Waals surface area contributed by atoms with Crippen LogP contribution in [-0.2, 0) is 19.1 Å². The quantitative estimate of drug-likeness (QED) is 0.0522. The molecule has 0 aliphatic carbocycles. The van der Waals surface area contributed by atoms with Gasteiger partial charge in [0.2, 0.25) is 0 Å². The first-order valence-corrected chi connectivity index (χ1v) is 21.1. The number of hydrogen-bond acceptors (Lipinski definition) is 5. The van der Waals surface area contributed by atoms with Gasteiger partial charge in [0, 0.05) is 12.8 Å². The Balaban J connectivity index is 3.36. The third-order valence-electron chi connectivity index (χ3n) is 9.59. The van der Waals surface area contributed by atoms with E-state index in [2.05, 4.69) is 13.8 Å². The summed E-state index contributed by atoms with van der Waals surface area (Å²) < 4.78 is 10.4. The van der Waals surface area contributed by atoms with Crippen LogP contribution in [-0.4, -0.2) is 36.4 Å². The van der Waals surface area contributed by atoms with E-state index in [-0.39, 0.29) is 25.2 Å². The van der Waals surface area contributed by atoms with Gasteiger partial charge >= 0.3 is 11.9 Å². The van der Waals surface area contributed by atoms with Crippen LogP contribution >= 0.6 is 0 Å². The first-order valence-electron chi connectivity index (χ1n) is 21.1. The third kappa shape index (κ3) is 39.2. The average molecular weight is 667 g/mol. The smallest absolute Gasteiger partial charge is 0.305 e. The lowest BCUT2D eigenvalue weighted by Crippen LogP contribution is -2.25. The van der Waals surface area contributed by atoms with Crippen LogP contribution in [0, 0.1) is 0 Å². The molecule has 0 aliphatic rings. The molecule has 0 heterocycles. The first-order chi connectivity index (χ1) is 23.1. The van der Waals surface area contributed by atoms with E-state index in [0.29, 0.717) is 12.8 Å². The van der Waals surface area contributed by atoms with E-state index in [4.69, 9.17) is 9.47 Å². The fraction of sp³-hybridized carbons (Fsp3) is 0.952. The number of esters is 2. The van der Waals surface area contributed by atoms with Crippen molar-refractivity contribution in [1.29, 1.82) is 0 Å². The van der Waals surface area contributed by atoms with Gasteiger partial charge in [-0.2, -0.15) is 0 Å². The molecule has 0 aliphatic heterocycles. The highest BCUT2D eigenvalue weighted by Crippen LogP contribution is 2.16. The van der Waals surface area contributed by atoms with E-state index >= 15 is 0 Å². The number of aliphatic hydroxyl groups is 1. The number of carbonyl (C=O) groups is 2. The van der Waals surface area contributed by atoms with Gasteiger partial charge in [-0.3, -0.25) is 9.59 Å². The zero-order valence-electron chi connectivity index (χ0n) is 31.8. The van der Waals surface area contributed by atoms with Crippen molar-refractivity contribution in [3.63, 3.8) is 0 Å². The molecule has 0 bridgehead atoms. The second-order valence-corrected chi connectivity index (χ2v) is 14.5. The molecule has 0 aromatic carbocycles. The zero-order chi connectivity index (χ0) is 34.3. The van der Waals surface area contributed by atoms with Crippen molar-refractivity contribution in [1.82, 2.24) is 0 Å². The highest BCUT2D eigenvalue weighted by molar-refractivity contribution is 5.69. The van der Waals surface area contributed by atoms with Gasteiger partial charge in [-0.25, -0.2) is 0 Å². The predicted molar refractivity (Wildman–Crippen MR) is 201 cm³/mol. The second kappa shape index (κ2) is 39.3. The van der Waals surface area contributed by atoms with Crippen LogP contribution in [0.5, 0.6) is 0 Å². The molecule has 47 heavy (non-hydrogen) atoms. The number of rotatable bonds is 39. The summed E-state index contributed by atoms with van der Waals surface area (Å²) in [5.74, 6) is -0.547. The summed E-state index contributed by atoms with van der Waals surface area (Å²) in [6.07, 6.45) is 43.0. The lowest BCUT2D eigenvalue weighted by Gasteiger charge is -2.12. The third-order valence-corrected chi connectivity index (χ3v) is 9.59. The van der Waals surface area contributed by atoms with Gasteiger partial charge in [-0.05, 0) is 12.8 Å². The van der Waals surface area contributed by atoms with Crippen LogP contribution in [0.1, 0.15) is 239 Å². The highest BCUT2D eigenvalue weighted by atomic mass is 16.6. The molecule has 0 fully saturated rings. The molecule has 0 rings (SSSR count). The molecule has 0 saturated heterocycles. The van der Waals surface area contributed by atoms with Crippen LogP contribution in [0.2, 0.25) is 0 Å². The van der Waals surface area contributed by atoms with E-state index < -0.39 is 6.10 Å². The Bertz CT molecular complexity index is 637. The number of hydrogen-bond donors (Lipinski definition) is 1. The molecule has 280 valence electrons. The molecule has 0 amide bonds. The predicted octanol–water partition coefficient (Wildman–Crippen LogP) is 13.1. The van der Waals surface area contributed by atoms with Crippen molar-refractivity contribution < 1.29 is 24.2 Å². The van der Waals surface area contributed by atoms with E-state index in [1.807, 2.05) is 0 Å². The Morgan fingerprint density at radius 2 is 0.553 bits per heavy atom. The van der Waals surface area contributed by atoms with Crippen LogP contribution < -0.4 is 0 Å². The number of unbranched alkanes of at least 4 members (excludes halogenated alkanes) is 31. The molecule has 0 aromatic heterocycles. The summed E-state index contributed by atoms with van der Waals surface area (Å²) in [5.41, 5.74) is 0. The minimum Gasteiger partial charge on any atom is -0.463 e. The molecular weight excluding hydrogens is 584 g/mol. The van der Waals surface area contributed by atoms with Crippen molar-refractivity contribution in [3.8, 4) is 0 Å². The Morgan fingerprint density at radius 1 is 0.362 bits per heavy atom. The largest absolute Gasteiger partial charge is 0.463 e. The Morgan fingerprint density at radius 3 is 0.766 bits per heavy atom. The number of ether oxygens (including phenoxy) is 2. The minimum atomic E-state index is -0.954. The minimum absolute atomic E-state index is 0.107. The van der Waals surface area contributed by atoms with Crippen molar-refractivity contribution in [2.45, 2.75) is 245 Å². The Labute approximate surface area is 293 Å². The molecule has 0 aromatic rings. The maximum Gasteiger partial charge on any atom is 0.305 e. The second-order valence-electron chi connectivity index (χ2n) is 14.5. The van der Waals surface area contributed by atoms with Crippen LogP contribution in [0.25, 0.3) is 0 Å². The molecule has 1 N–H and O–H groups in total. The van der Waals surface area contributed by atoms with E-state index in [0.717, 1.165) is 25.7 Å². The topological polar surface area (TPSA) is 72.8 Å². The maximum absolute atomic E-state index is 12.0. The van der Waals surface area contributed by atoms with Gasteiger partial charge in [0.25, 0.3) is 0 Å². The summed E-state index contributed by atoms with van der Waals surface area (Å²) in [6.45, 7) is 4.34. The number of aliphatic hydroxyl groups excluding tert-OH is 1. The lowest BCUT2D eigenvalue weighted by molar-refractivity contribution is -0.152. The summed E-state index contributed by atoms with van der Waals surface area (Å²) >= 11 is 0. The standard InChI is InChI=1S/C42H82O5/c1-3-5-7-9-11-13-15-17-19-21-23-25-27-29-31-33-35-37-42(45)47-39-40(43)38-46-41(44)36-34-32-30-28-26-24-22-20-18-16-14-12-10-8-6-4-2/h40,43H,3-39H2,1-2H3. The van der Waals surface area contributed by atoms with Gasteiger partial charge in [-0.15, -0.1) is 0 Å². The van der Waals surface area contributed by atoms with Crippen LogP contribution in [0.15, 0.2) is 0 Å². The summed E-state index contributed by atoms with van der Waals surface area (Å²) in [4.78, 5) is 24.0. The molecule has 0 radical (unpaired) electrons. The van der Waals surface area contributed by atoms with Crippen LogP contribution in [0.3, 0.4) is 0 Å².